The molecule has 0 bridgehead atoms. The zero-order chi connectivity index (χ0) is 16.4. The predicted octanol–water partition coefficient (Wildman–Crippen LogP) is 2.91. The molecule has 0 saturated carbocycles. The van der Waals surface area contributed by atoms with Crippen molar-refractivity contribution in [2.45, 2.75) is 25.8 Å². The van der Waals surface area contributed by atoms with Crippen LogP contribution in [0.2, 0.25) is 0 Å². The van der Waals surface area contributed by atoms with Gasteiger partial charge in [0.2, 0.25) is 0 Å². The molecule has 4 aromatic heterocycles. The molecule has 0 aliphatic carbocycles. The summed E-state index contributed by atoms with van der Waals surface area (Å²) in [6.07, 6.45) is 14.9. The van der Waals surface area contributed by atoms with Crippen LogP contribution in [0.3, 0.4) is 0 Å². The van der Waals surface area contributed by atoms with Crippen molar-refractivity contribution in [3.63, 3.8) is 0 Å². The third kappa shape index (κ3) is 2.46. The van der Waals surface area contributed by atoms with E-state index in [1.807, 2.05) is 64.6 Å². The molecule has 0 aliphatic heterocycles. The Bertz CT molecular complexity index is 927. The molecule has 6 nitrogen and oxygen atoms in total. The highest BCUT2D eigenvalue weighted by Gasteiger charge is 2.23. The van der Waals surface area contributed by atoms with Crippen molar-refractivity contribution in [2.24, 2.45) is 0 Å². The Labute approximate surface area is 139 Å². The monoisotopic (exact) mass is 318 g/mol. The van der Waals surface area contributed by atoms with Crippen LogP contribution < -0.4 is 0 Å². The summed E-state index contributed by atoms with van der Waals surface area (Å²) in [7, 11) is 0. The van der Waals surface area contributed by atoms with Crippen molar-refractivity contribution in [1.82, 2.24) is 28.9 Å². The van der Waals surface area contributed by atoms with E-state index in [2.05, 4.69) is 21.9 Å². The quantitative estimate of drug-likeness (QED) is 0.567. The molecule has 6 heteroatoms. The molecule has 0 fully saturated rings. The number of nitrogens with zero attached hydrogens (tertiary/aromatic N) is 6. The number of aromatic nitrogens is 6. The van der Waals surface area contributed by atoms with Crippen molar-refractivity contribution in [2.75, 3.05) is 0 Å². The van der Waals surface area contributed by atoms with Gasteiger partial charge in [-0.15, -0.1) is 0 Å². The van der Waals surface area contributed by atoms with Gasteiger partial charge in [-0.05, 0) is 18.6 Å². The van der Waals surface area contributed by atoms with Crippen molar-refractivity contribution in [3.8, 4) is 0 Å². The molecular formula is C18H18N6. The van der Waals surface area contributed by atoms with E-state index in [0.29, 0.717) is 0 Å². The van der Waals surface area contributed by atoms with Gasteiger partial charge in [-0.3, -0.25) is 9.38 Å². The molecule has 0 saturated heterocycles. The molecule has 1 unspecified atom stereocenters. The first kappa shape index (κ1) is 14.6. The first-order chi connectivity index (χ1) is 11.9. The molecule has 0 spiro atoms. The number of rotatable bonds is 5. The highest BCUT2D eigenvalue weighted by atomic mass is 15.1. The van der Waals surface area contributed by atoms with Gasteiger partial charge in [0.15, 0.2) is 0 Å². The smallest absolute Gasteiger partial charge is 0.143 e. The summed E-state index contributed by atoms with van der Waals surface area (Å²) in [4.78, 5) is 18.1. The van der Waals surface area contributed by atoms with Gasteiger partial charge in [0.25, 0.3) is 0 Å². The van der Waals surface area contributed by atoms with Crippen LogP contribution in [0.5, 0.6) is 0 Å². The summed E-state index contributed by atoms with van der Waals surface area (Å²) >= 11 is 0. The largest absolute Gasteiger partial charge is 0.323 e. The highest BCUT2D eigenvalue weighted by Crippen LogP contribution is 2.28. The van der Waals surface area contributed by atoms with E-state index in [-0.39, 0.29) is 6.04 Å². The molecule has 0 aromatic carbocycles. The minimum atomic E-state index is -0.114. The van der Waals surface area contributed by atoms with Crippen molar-refractivity contribution >= 4 is 5.65 Å². The van der Waals surface area contributed by atoms with Gasteiger partial charge in [-0.2, -0.15) is 0 Å². The van der Waals surface area contributed by atoms with Gasteiger partial charge in [-0.25, -0.2) is 15.0 Å². The molecule has 4 rings (SSSR count). The Kier molecular flexibility index (Phi) is 3.78. The second-order valence-electron chi connectivity index (χ2n) is 5.68. The summed E-state index contributed by atoms with van der Waals surface area (Å²) in [5.74, 6) is 0. The van der Waals surface area contributed by atoms with E-state index in [0.717, 1.165) is 35.4 Å². The molecular weight excluding hydrogens is 300 g/mol. The van der Waals surface area contributed by atoms with Crippen molar-refractivity contribution in [1.29, 1.82) is 0 Å². The second kappa shape index (κ2) is 6.23. The zero-order valence-electron chi connectivity index (χ0n) is 13.4. The number of aryl methyl sites for hydroxylation is 1. The summed E-state index contributed by atoms with van der Waals surface area (Å²) in [5, 5.41) is 0. The average Bonchev–Trinajstić information content (AvgIpc) is 3.30. The van der Waals surface area contributed by atoms with Gasteiger partial charge >= 0.3 is 0 Å². The maximum Gasteiger partial charge on any atom is 0.143 e. The van der Waals surface area contributed by atoms with E-state index >= 15 is 0 Å². The van der Waals surface area contributed by atoms with E-state index in [1.54, 1.807) is 6.20 Å². The van der Waals surface area contributed by atoms with Crippen LogP contribution in [0.15, 0.2) is 61.8 Å². The topological polar surface area (TPSA) is 60.9 Å². The number of imidazole rings is 2. The number of hydrogen-bond acceptors (Lipinski definition) is 4. The van der Waals surface area contributed by atoms with Crippen LogP contribution in [0.4, 0.5) is 0 Å². The summed E-state index contributed by atoms with van der Waals surface area (Å²) in [6.45, 7) is 2.17. The number of fused-ring (bicyclic) bond motifs is 1. The lowest BCUT2D eigenvalue weighted by atomic mass is 10.0. The minimum absolute atomic E-state index is 0.114. The predicted molar refractivity (Wildman–Crippen MR) is 90.7 cm³/mol. The Hall–Kier alpha value is -3.02. The van der Waals surface area contributed by atoms with E-state index in [9.17, 15) is 0 Å². The maximum absolute atomic E-state index is 4.76. The standard InChI is InChI=1S/C18H18N6/c1-2-5-14-16(22-13-24-11-9-21-18(14)24)17(23-10-8-19-12-23)15-6-3-4-7-20-15/h3-4,6-13,17H,2,5H2,1H3. The Morgan fingerprint density at radius 1 is 1.00 bits per heavy atom. The van der Waals surface area contributed by atoms with Gasteiger partial charge in [-0.1, -0.05) is 19.4 Å². The molecule has 1 atom stereocenters. The number of hydrogen-bond donors (Lipinski definition) is 0. The fourth-order valence-electron chi connectivity index (χ4n) is 3.08. The SMILES string of the molecule is CCCc1c(C(c2ccccn2)n2ccnc2)ncn2ccnc12. The van der Waals surface area contributed by atoms with Crippen LogP contribution in [-0.4, -0.2) is 28.9 Å². The lowest BCUT2D eigenvalue weighted by molar-refractivity contribution is 0.626. The average molecular weight is 318 g/mol. The number of pyridine rings is 1. The molecule has 0 radical (unpaired) electrons. The Balaban J connectivity index is 1.96. The van der Waals surface area contributed by atoms with Crippen molar-refractivity contribution < 1.29 is 0 Å². The van der Waals surface area contributed by atoms with E-state index < -0.39 is 0 Å². The van der Waals surface area contributed by atoms with E-state index in [1.165, 1.54) is 0 Å². The Morgan fingerprint density at radius 3 is 2.71 bits per heavy atom. The molecule has 0 amide bonds. The third-order valence-electron chi connectivity index (χ3n) is 4.12. The molecule has 120 valence electrons. The van der Waals surface area contributed by atoms with Crippen LogP contribution in [0, 0.1) is 0 Å². The molecule has 24 heavy (non-hydrogen) atoms. The summed E-state index contributed by atoms with van der Waals surface area (Å²) in [6, 6.07) is 5.83. The molecule has 4 heterocycles. The lowest BCUT2D eigenvalue weighted by Gasteiger charge is -2.20. The van der Waals surface area contributed by atoms with Gasteiger partial charge in [0.1, 0.15) is 18.0 Å². The van der Waals surface area contributed by atoms with Crippen LogP contribution >= 0.6 is 0 Å². The first-order valence-electron chi connectivity index (χ1n) is 8.07. The van der Waals surface area contributed by atoms with Crippen LogP contribution in [-0.2, 0) is 6.42 Å². The normalized spacial score (nSPS) is 12.5. The van der Waals surface area contributed by atoms with E-state index in [4.69, 9.17) is 4.98 Å². The lowest BCUT2D eigenvalue weighted by Crippen LogP contribution is -2.17. The zero-order valence-corrected chi connectivity index (χ0v) is 13.4. The van der Waals surface area contributed by atoms with Gasteiger partial charge in [0.05, 0.1) is 17.7 Å². The Morgan fingerprint density at radius 2 is 1.96 bits per heavy atom. The fourth-order valence-corrected chi connectivity index (χ4v) is 3.08. The first-order valence-corrected chi connectivity index (χ1v) is 8.07. The van der Waals surface area contributed by atoms with Gasteiger partial charge < -0.3 is 4.57 Å². The summed E-state index contributed by atoms with van der Waals surface area (Å²) < 4.78 is 4.02. The summed E-state index contributed by atoms with van der Waals surface area (Å²) in [5.41, 5.74) is 4.04. The molecule has 0 N–H and O–H groups in total. The van der Waals surface area contributed by atoms with Crippen LogP contribution in [0.1, 0.15) is 36.3 Å². The van der Waals surface area contributed by atoms with Gasteiger partial charge in [0, 0.05) is 36.5 Å². The highest BCUT2D eigenvalue weighted by molar-refractivity contribution is 5.51. The maximum atomic E-state index is 4.76. The molecule has 0 aliphatic rings. The minimum Gasteiger partial charge on any atom is -0.323 e. The van der Waals surface area contributed by atoms with Crippen molar-refractivity contribution in [3.05, 3.63) is 78.8 Å². The third-order valence-corrected chi connectivity index (χ3v) is 4.12. The van der Waals surface area contributed by atoms with Crippen LogP contribution in [0.25, 0.3) is 5.65 Å². The second-order valence-corrected chi connectivity index (χ2v) is 5.68. The molecule has 4 aromatic rings. The fraction of sp³-hybridized carbons (Fsp3) is 0.222.